The number of ether oxygens (including phenoxy) is 4. The molecule has 0 atom stereocenters. The summed E-state index contributed by atoms with van der Waals surface area (Å²) in [7, 11) is 0. The summed E-state index contributed by atoms with van der Waals surface area (Å²) >= 11 is 0. The van der Waals surface area contributed by atoms with E-state index in [1.807, 2.05) is 30.3 Å². The molecule has 2 aromatic carbocycles. The first-order chi connectivity index (χ1) is 9.87. The van der Waals surface area contributed by atoms with Crippen molar-refractivity contribution in [2.24, 2.45) is 0 Å². The summed E-state index contributed by atoms with van der Waals surface area (Å²) in [6, 6.07) is 9.58. The summed E-state index contributed by atoms with van der Waals surface area (Å²) in [5.41, 5.74) is 1.50. The molecule has 5 rings (SSSR count). The minimum atomic E-state index is 0. The molecule has 0 bridgehead atoms. The number of rotatable bonds is 0. The average molecular weight is 305 g/mol. The van der Waals surface area contributed by atoms with Crippen LogP contribution in [0.2, 0.25) is 0 Å². The second-order valence-corrected chi connectivity index (χ2v) is 4.73. The van der Waals surface area contributed by atoms with Crippen LogP contribution in [0.15, 0.2) is 34.7 Å². The Hall–Kier alpha value is -2.40. The standard InChI is InChI=1S/C15H9O5.ClH/c1-8-2-12-14(18-6-16-12)4-10(8)20-11-5-15-13(3-9(1)11)17-7-19-15;/h1-5H,6-7H2;1H/q+1;/p-1. The van der Waals surface area contributed by atoms with Crippen molar-refractivity contribution in [2.75, 3.05) is 13.6 Å². The van der Waals surface area contributed by atoms with Gasteiger partial charge in [-0.05, 0) is 6.07 Å². The Morgan fingerprint density at radius 2 is 1.05 bits per heavy atom. The lowest BCUT2D eigenvalue weighted by Crippen LogP contribution is -3.00. The molecule has 5 nitrogen and oxygen atoms in total. The SMILES string of the molecule is [Cl-].c1c2c(cc3[o+]c4cc5c(cc4cc13)OCO5)OCO2. The largest absolute Gasteiger partial charge is 1.00 e. The van der Waals surface area contributed by atoms with Gasteiger partial charge in [0.1, 0.15) is 0 Å². The highest BCUT2D eigenvalue weighted by atomic mass is 35.5. The van der Waals surface area contributed by atoms with Crippen LogP contribution in [0.25, 0.3) is 21.9 Å². The molecule has 0 amide bonds. The second-order valence-electron chi connectivity index (χ2n) is 4.73. The maximum atomic E-state index is 5.93. The molecule has 2 aliphatic rings. The van der Waals surface area contributed by atoms with Gasteiger partial charge in [-0.25, -0.2) is 4.42 Å². The van der Waals surface area contributed by atoms with E-state index in [2.05, 4.69) is 0 Å². The van der Waals surface area contributed by atoms with Crippen LogP contribution in [0.1, 0.15) is 0 Å². The highest BCUT2D eigenvalue weighted by Crippen LogP contribution is 2.40. The molecule has 3 aromatic rings. The zero-order chi connectivity index (χ0) is 13.1. The molecule has 0 radical (unpaired) electrons. The molecule has 2 aliphatic heterocycles. The molecular weight excluding hydrogens is 296 g/mol. The molecule has 0 saturated heterocycles. The van der Waals surface area contributed by atoms with Crippen molar-refractivity contribution in [1.29, 1.82) is 0 Å². The van der Waals surface area contributed by atoms with E-state index in [-0.39, 0.29) is 26.0 Å². The molecule has 6 heteroatoms. The van der Waals surface area contributed by atoms with E-state index >= 15 is 0 Å². The molecule has 1 aromatic heterocycles. The van der Waals surface area contributed by atoms with Crippen molar-refractivity contribution >= 4 is 21.9 Å². The van der Waals surface area contributed by atoms with Crippen molar-refractivity contribution in [2.45, 2.75) is 0 Å². The van der Waals surface area contributed by atoms with Crippen LogP contribution in [0, 0.1) is 0 Å². The number of hydrogen-bond acceptors (Lipinski definition) is 4. The van der Waals surface area contributed by atoms with Gasteiger partial charge in [-0.3, -0.25) is 0 Å². The van der Waals surface area contributed by atoms with Crippen LogP contribution in [-0.4, -0.2) is 13.6 Å². The third-order valence-electron chi connectivity index (χ3n) is 3.54. The maximum absolute atomic E-state index is 5.93. The fourth-order valence-corrected chi connectivity index (χ4v) is 2.57. The Balaban J connectivity index is 0.00000115. The van der Waals surface area contributed by atoms with E-state index in [4.69, 9.17) is 23.4 Å². The summed E-state index contributed by atoms with van der Waals surface area (Å²) < 4.78 is 27.4. The fraction of sp³-hybridized carbons (Fsp3) is 0.133. The lowest BCUT2D eigenvalue weighted by atomic mass is 10.1. The molecule has 0 unspecified atom stereocenters. The van der Waals surface area contributed by atoms with Crippen LogP contribution in [0.3, 0.4) is 0 Å². The highest BCUT2D eigenvalue weighted by molar-refractivity contribution is 5.93. The molecule has 0 N–H and O–H groups in total. The van der Waals surface area contributed by atoms with Crippen molar-refractivity contribution in [3.8, 4) is 23.0 Å². The zero-order valence-corrected chi connectivity index (χ0v) is 11.5. The van der Waals surface area contributed by atoms with Crippen molar-refractivity contribution in [3.05, 3.63) is 30.3 Å². The number of halogens is 1. The Morgan fingerprint density at radius 3 is 1.52 bits per heavy atom. The van der Waals surface area contributed by atoms with Gasteiger partial charge in [0.05, 0.1) is 22.9 Å². The average Bonchev–Trinajstić information content (AvgIpc) is 3.07. The second kappa shape index (κ2) is 4.30. The lowest BCUT2D eigenvalue weighted by molar-refractivity contribution is -0.00000750. The zero-order valence-electron chi connectivity index (χ0n) is 10.7. The van der Waals surface area contributed by atoms with Gasteiger partial charge in [-0.1, -0.05) is 0 Å². The van der Waals surface area contributed by atoms with E-state index in [0.29, 0.717) is 11.5 Å². The number of fused-ring (bicyclic) bond motifs is 4. The van der Waals surface area contributed by atoms with E-state index in [0.717, 1.165) is 33.4 Å². The third-order valence-corrected chi connectivity index (χ3v) is 3.54. The van der Waals surface area contributed by atoms with Crippen LogP contribution in [0.4, 0.5) is 0 Å². The van der Waals surface area contributed by atoms with E-state index in [1.165, 1.54) is 0 Å². The fourth-order valence-electron chi connectivity index (χ4n) is 2.57. The van der Waals surface area contributed by atoms with Crippen molar-refractivity contribution in [3.63, 3.8) is 0 Å². The van der Waals surface area contributed by atoms with Gasteiger partial charge >= 0.3 is 11.2 Å². The van der Waals surface area contributed by atoms with Crippen LogP contribution < -0.4 is 31.4 Å². The molecule has 21 heavy (non-hydrogen) atoms. The Morgan fingerprint density at radius 1 is 0.619 bits per heavy atom. The predicted octanol–water partition coefficient (Wildman–Crippen LogP) is 0.328. The summed E-state index contributed by atoms with van der Waals surface area (Å²) in [5, 5.41) is 1.92. The quantitative estimate of drug-likeness (QED) is 0.442. The first kappa shape index (κ1) is 12.3. The molecule has 0 aliphatic carbocycles. The predicted molar refractivity (Wildman–Crippen MR) is 70.4 cm³/mol. The summed E-state index contributed by atoms with van der Waals surface area (Å²) in [5.74, 6) is 2.91. The molecule has 0 saturated carbocycles. The normalized spacial score (nSPS) is 14.5. The van der Waals surface area contributed by atoms with Gasteiger partial charge in [0, 0.05) is 12.1 Å². The lowest BCUT2D eigenvalue weighted by Gasteiger charge is -1.97. The van der Waals surface area contributed by atoms with Crippen LogP contribution >= 0.6 is 0 Å². The van der Waals surface area contributed by atoms with Crippen molar-refractivity contribution < 1.29 is 35.8 Å². The van der Waals surface area contributed by atoms with Crippen molar-refractivity contribution in [1.82, 2.24) is 0 Å². The first-order valence-corrected chi connectivity index (χ1v) is 6.27. The first-order valence-electron chi connectivity index (χ1n) is 6.27. The summed E-state index contributed by atoms with van der Waals surface area (Å²) in [6.07, 6.45) is 0. The minimum absolute atomic E-state index is 0. The van der Waals surface area contributed by atoms with Gasteiger partial charge < -0.3 is 31.4 Å². The summed E-state index contributed by atoms with van der Waals surface area (Å²) in [6.45, 7) is 0.502. The Labute approximate surface area is 125 Å². The molecule has 0 spiro atoms. The number of benzene rings is 2. The summed E-state index contributed by atoms with van der Waals surface area (Å²) in [4.78, 5) is 0. The van der Waals surface area contributed by atoms with Gasteiger partial charge in [0.15, 0.2) is 23.0 Å². The van der Waals surface area contributed by atoms with Crippen LogP contribution in [-0.2, 0) is 0 Å². The monoisotopic (exact) mass is 304 g/mol. The van der Waals surface area contributed by atoms with Gasteiger partial charge in [0.25, 0.3) is 0 Å². The highest BCUT2D eigenvalue weighted by Gasteiger charge is 2.23. The molecule has 0 fully saturated rings. The Bertz CT molecular complexity index is 738. The van der Waals surface area contributed by atoms with E-state index < -0.39 is 0 Å². The smallest absolute Gasteiger partial charge is 0.364 e. The van der Waals surface area contributed by atoms with Gasteiger partial charge in [0.2, 0.25) is 13.6 Å². The van der Waals surface area contributed by atoms with Gasteiger partial charge in [-0.15, -0.1) is 0 Å². The minimum Gasteiger partial charge on any atom is -1.00 e. The topological polar surface area (TPSA) is 48.2 Å². The molecular formula is C15H9ClO5. The Kier molecular flexibility index (Phi) is 2.53. The molecule has 3 heterocycles. The molecule has 106 valence electrons. The third kappa shape index (κ3) is 1.74. The van der Waals surface area contributed by atoms with Gasteiger partial charge in [-0.2, -0.15) is 0 Å². The van der Waals surface area contributed by atoms with Crippen LogP contribution in [0.5, 0.6) is 23.0 Å². The maximum Gasteiger partial charge on any atom is 0.364 e. The van der Waals surface area contributed by atoms with E-state index in [1.54, 1.807) is 0 Å². The van der Waals surface area contributed by atoms with E-state index in [9.17, 15) is 0 Å². The number of hydrogen-bond donors (Lipinski definition) is 0.